The molecule has 0 radical (unpaired) electrons. The minimum atomic E-state index is -0.600. The number of carbonyl (C=O) groups excluding carboxylic acids is 3. The first kappa shape index (κ1) is 17.1. The lowest BCUT2D eigenvalue weighted by molar-refractivity contribution is -0.136. The number of nitrogens with one attached hydrogen (secondary N) is 1. The molecule has 1 saturated heterocycles. The molecule has 0 aliphatic carbocycles. The largest absolute Gasteiger partial charge is 0.367 e. The lowest BCUT2D eigenvalue weighted by Crippen LogP contribution is -2.52. The lowest BCUT2D eigenvalue weighted by Gasteiger charge is -2.29. The SMILES string of the molecule is NCCOCC#Cc1ccc2c(c1)CN(C1CCC(=O)NC1=O)C2=O. The van der Waals surface area contributed by atoms with E-state index in [-0.39, 0.29) is 18.2 Å². The highest BCUT2D eigenvalue weighted by atomic mass is 16.5. The highest BCUT2D eigenvalue weighted by molar-refractivity contribution is 6.05. The van der Waals surface area contributed by atoms with Gasteiger partial charge in [0, 0.05) is 30.6 Å². The Labute approximate surface area is 145 Å². The Morgan fingerprint density at radius 2 is 2.16 bits per heavy atom. The minimum absolute atomic E-state index is 0.185. The van der Waals surface area contributed by atoms with Crippen LogP contribution >= 0.6 is 0 Å². The maximum atomic E-state index is 12.6. The number of imide groups is 1. The summed E-state index contributed by atoms with van der Waals surface area (Å²) in [6.45, 7) is 1.57. The zero-order valence-electron chi connectivity index (χ0n) is 13.7. The summed E-state index contributed by atoms with van der Waals surface area (Å²) in [7, 11) is 0. The molecule has 7 heteroatoms. The molecule has 130 valence electrons. The summed E-state index contributed by atoms with van der Waals surface area (Å²) < 4.78 is 5.20. The van der Waals surface area contributed by atoms with E-state index in [2.05, 4.69) is 17.2 Å². The average Bonchev–Trinajstić information content (AvgIpc) is 2.91. The van der Waals surface area contributed by atoms with Gasteiger partial charge in [0.05, 0.1) is 6.61 Å². The molecule has 1 atom stereocenters. The van der Waals surface area contributed by atoms with E-state index < -0.39 is 11.9 Å². The Kier molecular flexibility index (Phi) is 5.12. The smallest absolute Gasteiger partial charge is 0.255 e. The van der Waals surface area contributed by atoms with Gasteiger partial charge in [0.2, 0.25) is 11.8 Å². The van der Waals surface area contributed by atoms with Gasteiger partial charge < -0.3 is 15.4 Å². The van der Waals surface area contributed by atoms with Gasteiger partial charge in [0.1, 0.15) is 12.6 Å². The van der Waals surface area contributed by atoms with Crippen molar-refractivity contribution in [2.45, 2.75) is 25.4 Å². The topological polar surface area (TPSA) is 102 Å². The van der Waals surface area contributed by atoms with Crippen LogP contribution in [0.25, 0.3) is 0 Å². The Hall–Kier alpha value is -2.69. The molecule has 1 aromatic rings. The Bertz CT molecular complexity index is 778. The number of carbonyl (C=O) groups is 3. The fourth-order valence-corrected chi connectivity index (χ4v) is 3.00. The van der Waals surface area contributed by atoms with Crippen molar-refractivity contribution in [3.05, 3.63) is 34.9 Å². The fraction of sp³-hybridized carbons (Fsp3) is 0.389. The van der Waals surface area contributed by atoms with Crippen LogP contribution in [0.2, 0.25) is 0 Å². The predicted octanol–water partition coefficient (Wildman–Crippen LogP) is -0.226. The lowest BCUT2D eigenvalue weighted by atomic mass is 10.0. The molecule has 3 amide bonds. The summed E-state index contributed by atoms with van der Waals surface area (Å²) in [4.78, 5) is 37.4. The van der Waals surface area contributed by atoms with E-state index in [1.54, 1.807) is 12.1 Å². The number of hydrogen-bond acceptors (Lipinski definition) is 5. The quantitative estimate of drug-likeness (QED) is 0.448. The fourth-order valence-electron chi connectivity index (χ4n) is 3.00. The van der Waals surface area contributed by atoms with Crippen LogP contribution in [-0.2, 0) is 20.9 Å². The van der Waals surface area contributed by atoms with Crippen molar-refractivity contribution in [3.8, 4) is 11.8 Å². The molecule has 25 heavy (non-hydrogen) atoms. The van der Waals surface area contributed by atoms with Crippen LogP contribution in [0, 0.1) is 11.8 Å². The molecule has 0 aromatic heterocycles. The molecule has 2 aliphatic heterocycles. The predicted molar refractivity (Wildman–Crippen MR) is 89.2 cm³/mol. The van der Waals surface area contributed by atoms with Crippen LogP contribution in [0.4, 0.5) is 0 Å². The first-order valence-electron chi connectivity index (χ1n) is 8.14. The van der Waals surface area contributed by atoms with Gasteiger partial charge in [-0.2, -0.15) is 0 Å². The van der Waals surface area contributed by atoms with Crippen molar-refractivity contribution in [3.63, 3.8) is 0 Å². The summed E-state index contributed by atoms with van der Waals surface area (Å²) >= 11 is 0. The highest BCUT2D eigenvalue weighted by Gasteiger charge is 2.38. The first-order valence-corrected chi connectivity index (χ1v) is 8.14. The number of hydrogen-bond donors (Lipinski definition) is 2. The molecule has 7 nitrogen and oxygen atoms in total. The number of fused-ring (bicyclic) bond motifs is 1. The Balaban J connectivity index is 1.71. The Morgan fingerprint density at radius 3 is 2.92 bits per heavy atom. The molecule has 3 rings (SSSR count). The standard InChI is InChI=1S/C18H19N3O4/c19-7-9-25-8-1-2-12-3-4-14-13(10-12)11-21(18(14)24)15-5-6-16(22)20-17(15)23/h3-4,10,15H,5-9,11,19H2,(H,20,22,23). The number of rotatable bonds is 4. The molecule has 0 bridgehead atoms. The number of benzene rings is 1. The number of piperidine rings is 1. The van der Waals surface area contributed by atoms with Gasteiger partial charge in [-0.05, 0) is 30.2 Å². The van der Waals surface area contributed by atoms with Gasteiger partial charge >= 0.3 is 0 Å². The van der Waals surface area contributed by atoms with E-state index >= 15 is 0 Å². The van der Waals surface area contributed by atoms with Crippen molar-refractivity contribution in [2.24, 2.45) is 5.73 Å². The summed E-state index contributed by atoms with van der Waals surface area (Å²) in [6, 6.07) is 4.76. The van der Waals surface area contributed by atoms with Gasteiger partial charge in [-0.15, -0.1) is 0 Å². The molecule has 2 heterocycles. The van der Waals surface area contributed by atoms with Crippen LogP contribution in [-0.4, -0.2) is 48.4 Å². The molecule has 2 aliphatic rings. The number of amides is 3. The van der Waals surface area contributed by atoms with Gasteiger partial charge in [0.15, 0.2) is 0 Å². The molecular weight excluding hydrogens is 322 g/mol. The summed E-state index contributed by atoms with van der Waals surface area (Å²) in [5.74, 6) is 5.00. The van der Waals surface area contributed by atoms with Crippen molar-refractivity contribution < 1.29 is 19.1 Å². The van der Waals surface area contributed by atoms with Gasteiger partial charge in [-0.3, -0.25) is 19.7 Å². The summed E-state index contributed by atoms with van der Waals surface area (Å²) in [5, 5.41) is 2.29. The number of nitrogens with two attached hydrogens (primary N) is 1. The molecule has 3 N–H and O–H groups in total. The molecular formula is C18H19N3O4. The number of ether oxygens (including phenoxy) is 1. The van der Waals surface area contributed by atoms with Gasteiger partial charge in [-0.1, -0.05) is 11.8 Å². The molecule has 0 saturated carbocycles. The zero-order chi connectivity index (χ0) is 17.8. The third-order valence-electron chi connectivity index (χ3n) is 4.19. The second kappa shape index (κ2) is 7.47. The van der Waals surface area contributed by atoms with Crippen molar-refractivity contribution in [1.29, 1.82) is 0 Å². The Morgan fingerprint density at radius 1 is 1.32 bits per heavy atom. The van der Waals surface area contributed by atoms with E-state index in [4.69, 9.17) is 10.5 Å². The van der Waals surface area contributed by atoms with Gasteiger partial charge in [0.25, 0.3) is 5.91 Å². The number of nitrogens with zero attached hydrogens (tertiary/aromatic N) is 1. The van der Waals surface area contributed by atoms with Crippen LogP contribution in [0.5, 0.6) is 0 Å². The molecule has 0 spiro atoms. The summed E-state index contributed by atoms with van der Waals surface area (Å²) in [6.07, 6.45) is 0.603. The monoisotopic (exact) mass is 341 g/mol. The third-order valence-corrected chi connectivity index (χ3v) is 4.19. The van der Waals surface area contributed by atoms with Crippen molar-refractivity contribution in [2.75, 3.05) is 19.8 Å². The minimum Gasteiger partial charge on any atom is -0.367 e. The molecule has 1 fully saturated rings. The second-order valence-electron chi connectivity index (χ2n) is 5.91. The van der Waals surface area contributed by atoms with Crippen LogP contribution in [0.1, 0.15) is 34.3 Å². The average molecular weight is 341 g/mol. The van der Waals surface area contributed by atoms with E-state index in [1.807, 2.05) is 6.07 Å². The second-order valence-corrected chi connectivity index (χ2v) is 5.91. The molecule has 1 aromatic carbocycles. The van der Waals surface area contributed by atoms with Crippen molar-refractivity contribution in [1.82, 2.24) is 10.2 Å². The van der Waals surface area contributed by atoms with Crippen LogP contribution < -0.4 is 11.1 Å². The maximum Gasteiger partial charge on any atom is 0.255 e. The van der Waals surface area contributed by atoms with E-state index in [0.29, 0.717) is 38.3 Å². The normalized spacial score (nSPS) is 19.3. The summed E-state index contributed by atoms with van der Waals surface area (Å²) in [5.41, 5.74) is 7.53. The van der Waals surface area contributed by atoms with Gasteiger partial charge in [-0.25, -0.2) is 0 Å². The third kappa shape index (κ3) is 3.71. The van der Waals surface area contributed by atoms with Crippen LogP contribution in [0.15, 0.2) is 18.2 Å². The zero-order valence-corrected chi connectivity index (χ0v) is 13.7. The first-order chi connectivity index (χ1) is 12.1. The molecule has 1 unspecified atom stereocenters. The van der Waals surface area contributed by atoms with E-state index in [9.17, 15) is 14.4 Å². The van der Waals surface area contributed by atoms with Crippen molar-refractivity contribution >= 4 is 17.7 Å². The maximum absolute atomic E-state index is 12.6. The van der Waals surface area contributed by atoms with E-state index in [1.165, 1.54) is 4.90 Å². The van der Waals surface area contributed by atoms with E-state index in [0.717, 1.165) is 11.1 Å². The highest BCUT2D eigenvalue weighted by Crippen LogP contribution is 2.27. The van der Waals surface area contributed by atoms with Crippen LogP contribution in [0.3, 0.4) is 0 Å².